The Hall–Kier alpha value is -1.46. The molecule has 19 heavy (non-hydrogen) atoms. The average Bonchev–Trinajstić information content (AvgIpc) is 2.76. The van der Waals surface area contributed by atoms with E-state index in [0.717, 1.165) is 5.56 Å². The summed E-state index contributed by atoms with van der Waals surface area (Å²) in [4.78, 5) is 11.8. The van der Waals surface area contributed by atoms with Crippen molar-refractivity contribution >= 4 is 5.97 Å². The van der Waals surface area contributed by atoms with Crippen LogP contribution in [0.4, 0.5) is 4.39 Å². The maximum atomic E-state index is 13.3. The second-order valence-corrected chi connectivity index (χ2v) is 5.15. The number of aliphatic hydroxyl groups is 1. The molecule has 1 aliphatic heterocycles. The molecule has 2 N–H and O–H groups in total. The normalized spacial score (nSPS) is 30.3. The number of esters is 1. The Morgan fingerprint density at radius 1 is 1.63 bits per heavy atom. The molecule has 0 amide bonds. The third-order valence-electron chi connectivity index (χ3n) is 3.69. The van der Waals surface area contributed by atoms with Crippen molar-refractivity contribution in [2.75, 3.05) is 13.7 Å². The first kappa shape index (κ1) is 14.0. The van der Waals surface area contributed by atoms with Crippen LogP contribution in [-0.2, 0) is 9.53 Å². The van der Waals surface area contributed by atoms with E-state index in [1.165, 1.54) is 19.2 Å². The molecular formula is C14H18FNO3. The number of halogens is 1. The molecular weight excluding hydrogens is 249 g/mol. The van der Waals surface area contributed by atoms with E-state index in [2.05, 4.69) is 5.32 Å². The van der Waals surface area contributed by atoms with Gasteiger partial charge in [0.2, 0.25) is 0 Å². The summed E-state index contributed by atoms with van der Waals surface area (Å²) < 4.78 is 18.1. The van der Waals surface area contributed by atoms with Crippen LogP contribution >= 0.6 is 0 Å². The number of carbonyl (C=O) groups is 1. The molecule has 104 valence electrons. The molecule has 1 heterocycles. The molecule has 1 aliphatic rings. The van der Waals surface area contributed by atoms with E-state index in [0.29, 0.717) is 6.42 Å². The summed E-state index contributed by atoms with van der Waals surface area (Å²) in [6.07, 6.45) is 0.456. The molecule has 0 bridgehead atoms. The van der Waals surface area contributed by atoms with Crippen molar-refractivity contribution in [2.45, 2.75) is 24.9 Å². The summed E-state index contributed by atoms with van der Waals surface area (Å²) in [5.41, 5.74) is -0.120. The summed E-state index contributed by atoms with van der Waals surface area (Å²) in [5.74, 6) is -0.849. The smallest absolute Gasteiger partial charge is 0.325 e. The van der Waals surface area contributed by atoms with E-state index < -0.39 is 5.54 Å². The number of benzene rings is 1. The molecule has 5 heteroatoms. The number of hydrogen-bond acceptors (Lipinski definition) is 4. The molecule has 2 rings (SSSR count). The first-order valence-electron chi connectivity index (χ1n) is 6.22. The summed E-state index contributed by atoms with van der Waals surface area (Å²) in [7, 11) is 1.33. The highest BCUT2D eigenvalue weighted by Gasteiger charge is 2.47. The summed E-state index contributed by atoms with van der Waals surface area (Å²) >= 11 is 0. The fourth-order valence-corrected chi connectivity index (χ4v) is 2.76. The molecule has 0 saturated carbocycles. The van der Waals surface area contributed by atoms with Gasteiger partial charge in [0.25, 0.3) is 0 Å². The zero-order valence-electron chi connectivity index (χ0n) is 11.0. The Morgan fingerprint density at radius 2 is 2.37 bits per heavy atom. The van der Waals surface area contributed by atoms with Gasteiger partial charge in [-0.1, -0.05) is 12.1 Å². The zero-order chi connectivity index (χ0) is 14.0. The average molecular weight is 267 g/mol. The lowest BCUT2D eigenvalue weighted by molar-refractivity contribution is -0.147. The molecule has 0 aliphatic carbocycles. The molecule has 3 atom stereocenters. The van der Waals surface area contributed by atoms with Crippen LogP contribution in [0.2, 0.25) is 0 Å². The first-order chi connectivity index (χ1) is 9.00. The minimum absolute atomic E-state index is 0.0687. The minimum atomic E-state index is -0.848. The molecule has 0 spiro atoms. The van der Waals surface area contributed by atoms with E-state index in [1.54, 1.807) is 19.1 Å². The van der Waals surface area contributed by atoms with Gasteiger partial charge in [0.05, 0.1) is 7.11 Å². The summed E-state index contributed by atoms with van der Waals surface area (Å²) in [5, 5.41) is 12.6. The lowest BCUT2D eigenvalue weighted by atomic mass is 9.91. The van der Waals surface area contributed by atoms with Gasteiger partial charge < -0.3 is 9.84 Å². The lowest BCUT2D eigenvalue weighted by Gasteiger charge is -2.22. The van der Waals surface area contributed by atoms with Crippen LogP contribution < -0.4 is 5.32 Å². The van der Waals surface area contributed by atoms with Gasteiger partial charge in [-0.3, -0.25) is 10.1 Å². The Morgan fingerprint density at radius 3 is 2.95 bits per heavy atom. The van der Waals surface area contributed by atoms with Gasteiger partial charge in [0.1, 0.15) is 11.4 Å². The first-order valence-corrected chi connectivity index (χ1v) is 6.22. The molecule has 1 aromatic carbocycles. The van der Waals surface area contributed by atoms with Gasteiger partial charge in [0.15, 0.2) is 0 Å². The Bertz CT molecular complexity index is 480. The lowest BCUT2D eigenvalue weighted by Crippen LogP contribution is -2.45. The largest absolute Gasteiger partial charge is 0.468 e. The van der Waals surface area contributed by atoms with Crippen molar-refractivity contribution in [2.24, 2.45) is 5.92 Å². The number of ether oxygens (including phenoxy) is 1. The van der Waals surface area contributed by atoms with Crippen LogP contribution in [-0.4, -0.2) is 30.3 Å². The van der Waals surface area contributed by atoms with Gasteiger partial charge >= 0.3 is 5.97 Å². The van der Waals surface area contributed by atoms with Crippen molar-refractivity contribution < 1.29 is 19.0 Å². The van der Waals surface area contributed by atoms with Crippen molar-refractivity contribution in [3.63, 3.8) is 0 Å². The maximum absolute atomic E-state index is 13.3. The van der Waals surface area contributed by atoms with Crippen molar-refractivity contribution in [3.8, 4) is 0 Å². The van der Waals surface area contributed by atoms with Gasteiger partial charge in [0, 0.05) is 18.6 Å². The predicted octanol–water partition coefficient (Wildman–Crippen LogP) is 1.40. The molecule has 1 aromatic rings. The molecule has 0 unspecified atom stereocenters. The molecule has 0 radical (unpaired) electrons. The molecule has 4 nitrogen and oxygen atoms in total. The third-order valence-corrected chi connectivity index (χ3v) is 3.69. The van der Waals surface area contributed by atoms with Gasteiger partial charge in [-0.05, 0) is 31.0 Å². The van der Waals surface area contributed by atoms with Crippen LogP contribution in [0.1, 0.15) is 24.9 Å². The SMILES string of the molecule is COC(=O)[C@]1(C)C[C@@H](CO)[C@@H](c2cccc(F)c2)N1. The predicted molar refractivity (Wildman–Crippen MR) is 67.9 cm³/mol. The number of hydrogen-bond donors (Lipinski definition) is 2. The van der Waals surface area contributed by atoms with E-state index in [4.69, 9.17) is 4.74 Å². The van der Waals surface area contributed by atoms with Crippen LogP contribution in [0.25, 0.3) is 0 Å². The number of carbonyl (C=O) groups excluding carboxylic acids is 1. The summed E-state index contributed by atoms with van der Waals surface area (Å²) in [6, 6.07) is 5.93. The van der Waals surface area contributed by atoms with Crippen LogP contribution in [0.5, 0.6) is 0 Å². The van der Waals surface area contributed by atoms with Crippen LogP contribution in [0.15, 0.2) is 24.3 Å². The van der Waals surface area contributed by atoms with E-state index in [9.17, 15) is 14.3 Å². The molecule has 1 fully saturated rings. The second-order valence-electron chi connectivity index (χ2n) is 5.15. The van der Waals surface area contributed by atoms with Crippen molar-refractivity contribution in [1.29, 1.82) is 0 Å². The van der Waals surface area contributed by atoms with E-state index in [1.807, 2.05) is 0 Å². The van der Waals surface area contributed by atoms with Crippen molar-refractivity contribution in [3.05, 3.63) is 35.6 Å². The number of methoxy groups -OCH3 is 1. The Balaban J connectivity index is 2.28. The molecule has 0 aromatic heterocycles. The number of rotatable bonds is 3. The fraction of sp³-hybridized carbons (Fsp3) is 0.500. The van der Waals surface area contributed by atoms with E-state index >= 15 is 0 Å². The standard InChI is InChI=1S/C14H18FNO3/c1-14(13(18)19-2)7-10(8-17)12(16-14)9-4-3-5-11(15)6-9/h3-6,10,12,16-17H,7-8H2,1-2H3/t10-,12+,14-/m0/s1. The molecule has 1 saturated heterocycles. The van der Waals surface area contributed by atoms with Crippen LogP contribution in [0.3, 0.4) is 0 Å². The topological polar surface area (TPSA) is 58.6 Å². The van der Waals surface area contributed by atoms with Gasteiger partial charge in [-0.15, -0.1) is 0 Å². The van der Waals surface area contributed by atoms with Gasteiger partial charge in [-0.25, -0.2) is 4.39 Å². The minimum Gasteiger partial charge on any atom is -0.468 e. The van der Waals surface area contributed by atoms with Gasteiger partial charge in [-0.2, -0.15) is 0 Å². The zero-order valence-corrected chi connectivity index (χ0v) is 11.0. The highest BCUT2D eigenvalue weighted by Crippen LogP contribution is 2.38. The number of aliphatic hydroxyl groups excluding tert-OH is 1. The second kappa shape index (κ2) is 5.27. The Kier molecular flexibility index (Phi) is 3.87. The maximum Gasteiger partial charge on any atom is 0.325 e. The van der Waals surface area contributed by atoms with E-state index in [-0.39, 0.29) is 30.4 Å². The number of nitrogens with one attached hydrogen (secondary N) is 1. The quantitative estimate of drug-likeness (QED) is 0.813. The van der Waals surface area contributed by atoms with Crippen molar-refractivity contribution in [1.82, 2.24) is 5.32 Å². The monoisotopic (exact) mass is 267 g/mol. The van der Waals surface area contributed by atoms with Crippen LogP contribution in [0, 0.1) is 11.7 Å². The Labute approximate surface area is 111 Å². The highest BCUT2D eigenvalue weighted by atomic mass is 19.1. The fourth-order valence-electron chi connectivity index (χ4n) is 2.76. The highest BCUT2D eigenvalue weighted by molar-refractivity contribution is 5.80. The third kappa shape index (κ3) is 2.62. The summed E-state index contributed by atoms with van der Waals surface area (Å²) in [6.45, 7) is 1.67.